The van der Waals surface area contributed by atoms with Crippen molar-refractivity contribution in [2.45, 2.75) is 39.7 Å². The number of hydrogen-bond acceptors (Lipinski definition) is 3. The molecule has 1 rings (SSSR count). The highest BCUT2D eigenvalue weighted by atomic mass is 16.3. The van der Waals surface area contributed by atoms with E-state index in [4.69, 9.17) is 10.2 Å². The van der Waals surface area contributed by atoms with E-state index in [-0.39, 0.29) is 11.9 Å². The second-order valence-corrected chi connectivity index (χ2v) is 4.51. The zero-order chi connectivity index (χ0) is 12.8. The van der Waals surface area contributed by atoms with E-state index < -0.39 is 0 Å². The van der Waals surface area contributed by atoms with Crippen molar-refractivity contribution in [3.8, 4) is 0 Å². The molecule has 1 unspecified atom stereocenters. The van der Waals surface area contributed by atoms with E-state index in [9.17, 15) is 4.79 Å². The second-order valence-electron chi connectivity index (χ2n) is 4.51. The lowest BCUT2D eigenvalue weighted by atomic mass is 10.0. The highest BCUT2D eigenvalue weighted by Crippen LogP contribution is 2.13. The van der Waals surface area contributed by atoms with Gasteiger partial charge in [0.1, 0.15) is 5.76 Å². The first-order valence-corrected chi connectivity index (χ1v) is 6.17. The van der Waals surface area contributed by atoms with Gasteiger partial charge in [-0.15, -0.1) is 0 Å². The second kappa shape index (κ2) is 6.45. The number of carbonyl (C=O) groups excluding carboxylic acids is 1. The summed E-state index contributed by atoms with van der Waals surface area (Å²) in [5, 5.41) is 3.02. The van der Waals surface area contributed by atoms with Gasteiger partial charge in [-0.1, -0.05) is 20.8 Å². The zero-order valence-corrected chi connectivity index (χ0v) is 10.8. The number of nitrogens with one attached hydrogen (secondary N) is 1. The van der Waals surface area contributed by atoms with Gasteiger partial charge in [0.05, 0.1) is 11.8 Å². The molecule has 1 heterocycles. The van der Waals surface area contributed by atoms with Crippen molar-refractivity contribution in [3.05, 3.63) is 23.7 Å². The molecule has 0 aliphatic heterocycles. The number of hydrogen-bond donors (Lipinski definition) is 2. The topological polar surface area (TPSA) is 68.3 Å². The molecule has 17 heavy (non-hydrogen) atoms. The summed E-state index contributed by atoms with van der Waals surface area (Å²) < 4.78 is 5.25. The van der Waals surface area contributed by atoms with E-state index in [2.05, 4.69) is 19.2 Å². The van der Waals surface area contributed by atoms with Crippen molar-refractivity contribution in [2.75, 3.05) is 6.54 Å². The maximum absolute atomic E-state index is 12.1. The Labute approximate surface area is 103 Å². The highest BCUT2D eigenvalue weighted by molar-refractivity contribution is 5.95. The molecule has 1 aromatic heterocycles. The molecule has 4 heteroatoms. The molecule has 0 aliphatic rings. The minimum atomic E-state index is -0.0669. The van der Waals surface area contributed by atoms with Crippen LogP contribution >= 0.6 is 0 Å². The Balaban J connectivity index is 2.70. The lowest BCUT2D eigenvalue weighted by Gasteiger charge is -2.21. The van der Waals surface area contributed by atoms with Crippen LogP contribution in [0.1, 0.15) is 43.3 Å². The fourth-order valence-corrected chi connectivity index (χ4v) is 1.81. The maximum Gasteiger partial charge on any atom is 0.255 e. The molecule has 3 N–H and O–H groups in total. The molecule has 4 nitrogen and oxygen atoms in total. The summed E-state index contributed by atoms with van der Waals surface area (Å²) in [5.74, 6) is 1.04. The first-order valence-electron chi connectivity index (χ1n) is 6.17. The average molecular weight is 238 g/mol. The van der Waals surface area contributed by atoms with Crippen molar-refractivity contribution in [1.29, 1.82) is 0 Å². The Morgan fingerprint density at radius 3 is 2.76 bits per heavy atom. The molecule has 1 amide bonds. The number of aryl methyl sites for hydroxylation is 1. The largest absolute Gasteiger partial charge is 0.469 e. The lowest BCUT2D eigenvalue weighted by Crippen LogP contribution is -2.40. The molecule has 0 bridgehead atoms. The lowest BCUT2D eigenvalue weighted by molar-refractivity contribution is 0.0922. The highest BCUT2D eigenvalue weighted by Gasteiger charge is 2.19. The van der Waals surface area contributed by atoms with Crippen molar-refractivity contribution in [1.82, 2.24) is 5.32 Å². The van der Waals surface area contributed by atoms with Crippen LogP contribution in [0.2, 0.25) is 0 Å². The normalized spacial score (nSPS) is 12.8. The van der Waals surface area contributed by atoms with Gasteiger partial charge in [-0.3, -0.25) is 4.79 Å². The van der Waals surface area contributed by atoms with E-state index in [0.29, 0.717) is 18.0 Å². The standard InChI is InChI=1S/C13H22N2O2/c1-4-12-10(6-8-17-12)13(16)15-11(5-7-14)9(2)3/h6,8-9,11H,4-5,7,14H2,1-3H3,(H,15,16). The van der Waals surface area contributed by atoms with Gasteiger partial charge in [0.15, 0.2) is 0 Å². The molecule has 0 aromatic carbocycles. The van der Waals surface area contributed by atoms with Gasteiger partial charge < -0.3 is 15.5 Å². The molecule has 0 spiro atoms. The Bertz CT molecular complexity index is 358. The van der Waals surface area contributed by atoms with Crippen LogP contribution in [-0.4, -0.2) is 18.5 Å². The Hall–Kier alpha value is -1.29. The van der Waals surface area contributed by atoms with Crippen molar-refractivity contribution in [3.63, 3.8) is 0 Å². The van der Waals surface area contributed by atoms with Crippen LogP contribution in [0.3, 0.4) is 0 Å². The Morgan fingerprint density at radius 1 is 1.53 bits per heavy atom. The predicted octanol–water partition coefficient (Wildman–Crippen LogP) is 1.95. The van der Waals surface area contributed by atoms with Crippen molar-refractivity contribution < 1.29 is 9.21 Å². The minimum Gasteiger partial charge on any atom is -0.469 e. The third-order valence-electron chi connectivity index (χ3n) is 2.91. The quantitative estimate of drug-likeness (QED) is 0.796. The van der Waals surface area contributed by atoms with E-state index in [1.807, 2.05) is 6.92 Å². The van der Waals surface area contributed by atoms with Gasteiger partial charge in [0.2, 0.25) is 0 Å². The number of rotatable bonds is 6. The average Bonchev–Trinajstić information content (AvgIpc) is 2.76. The Morgan fingerprint density at radius 2 is 2.24 bits per heavy atom. The number of carbonyl (C=O) groups is 1. The van der Waals surface area contributed by atoms with Gasteiger partial charge in [-0.2, -0.15) is 0 Å². The summed E-state index contributed by atoms with van der Waals surface area (Å²) in [4.78, 5) is 12.1. The van der Waals surface area contributed by atoms with Crippen LogP contribution in [0.15, 0.2) is 16.7 Å². The molecule has 0 saturated carbocycles. The van der Waals surface area contributed by atoms with Gasteiger partial charge in [-0.05, 0) is 24.9 Å². The number of amides is 1. The fraction of sp³-hybridized carbons (Fsp3) is 0.615. The molecular formula is C13H22N2O2. The maximum atomic E-state index is 12.1. The molecule has 1 atom stereocenters. The predicted molar refractivity (Wildman–Crippen MR) is 67.8 cm³/mol. The van der Waals surface area contributed by atoms with Gasteiger partial charge >= 0.3 is 0 Å². The summed E-state index contributed by atoms with van der Waals surface area (Å²) in [7, 11) is 0. The molecule has 0 radical (unpaired) electrons. The molecule has 0 aliphatic carbocycles. The molecule has 0 saturated heterocycles. The van der Waals surface area contributed by atoms with Crippen LogP contribution in [0.25, 0.3) is 0 Å². The third kappa shape index (κ3) is 3.60. The molecule has 0 fully saturated rings. The minimum absolute atomic E-state index is 0.0669. The van der Waals surface area contributed by atoms with Gasteiger partial charge in [0.25, 0.3) is 5.91 Å². The Kier molecular flexibility index (Phi) is 5.22. The van der Waals surface area contributed by atoms with Crippen molar-refractivity contribution in [2.24, 2.45) is 11.7 Å². The zero-order valence-electron chi connectivity index (χ0n) is 10.8. The van der Waals surface area contributed by atoms with E-state index >= 15 is 0 Å². The monoisotopic (exact) mass is 238 g/mol. The molecule has 96 valence electrons. The van der Waals surface area contributed by atoms with Gasteiger partial charge in [-0.25, -0.2) is 0 Å². The van der Waals surface area contributed by atoms with E-state index in [1.54, 1.807) is 12.3 Å². The first-order chi connectivity index (χ1) is 8.10. The summed E-state index contributed by atoms with van der Waals surface area (Å²) in [6.45, 7) is 6.71. The molecular weight excluding hydrogens is 216 g/mol. The fourth-order valence-electron chi connectivity index (χ4n) is 1.81. The van der Waals surface area contributed by atoms with Crippen LogP contribution in [0.4, 0.5) is 0 Å². The summed E-state index contributed by atoms with van der Waals surface area (Å²) >= 11 is 0. The number of furan rings is 1. The van der Waals surface area contributed by atoms with E-state index in [0.717, 1.165) is 18.6 Å². The number of nitrogens with two attached hydrogens (primary N) is 1. The van der Waals surface area contributed by atoms with E-state index in [1.165, 1.54) is 0 Å². The smallest absolute Gasteiger partial charge is 0.255 e. The third-order valence-corrected chi connectivity index (χ3v) is 2.91. The first kappa shape index (κ1) is 13.8. The SMILES string of the molecule is CCc1occc1C(=O)NC(CCN)C(C)C. The van der Waals surface area contributed by atoms with Crippen molar-refractivity contribution >= 4 is 5.91 Å². The summed E-state index contributed by atoms with van der Waals surface area (Å²) in [5.41, 5.74) is 6.18. The van der Waals surface area contributed by atoms with Crippen LogP contribution in [-0.2, 0) is 6.42 Å². The van der Waals surface area contributed by atoms with Crippen LogP contribution < -0.4 is 11.1 Å². The summed E-state index contributed by atoms with van der Waals surface area (Å²) in [6.07, 6.45) is 3.07. The summed E-state index contributed by atoms with van der Waals surface area (Å²) in [6, 6.07) is 1.83. The molecule has 1 aromatic rings. The van der Waals surface area contributed by atoms with Gasteiger partial charge in [0, 0.05) is 12.5 Å². The van der Waals surface area contributed by atoms with Crippen LogP contribution in [0, 0.1) is 5.92 Å². The van der Waals surface area contributed by atoms with Crippen LogP contribution in [0.5, 0.6) is 0 Å².